The number of sulfone groups is 1. The average molecular weight is 360 g/mol. The molecule has 1 aromatic heterocycles. The number of hydrogen-bond donors (Lipinski definition) is 3. The van der Waals surface area contributed by atoms with Crippen molar-refractivity contribution in [1.82, 2.24) is 9.97 Å². The van der Waals surface area contributed by atoms with E-state index in [4.69, 9.17) is 0 Å². The van der Waals surface area contributed by atoms with Crippen LogP contribution in [0.25, 0.3) is 11.0 Å². The highest BCUT2D eigenvalue weighted by Gasteiger charge is 2.25. The van der Waals surface area contributed by atoms with Crippen LogP contribution in [-0.4, -0.2) is 35.9 Å². The van der Waals surface area contributed by atoms with E-state index in [1.807, 2.05) is 0 Å². The average Bonchev–Trinajstić information content (AvgIpc) is 2.67. The largest absolute Gasteiger partial charge is 0.380 e. The minimum absolute atomic E-state index is 0.0897. The first-order valence-electron chi connectivity index (χ1n) is 6.31. The molecule has 1 aliphatic rings. The number of aromatic nitrogens is 2. The zero-order valence-corrected chi connectivity index (χ0v) is 13.0. The summed E-state index contributed by atoms with van der Waals surface area (Å²) >= 11 is 3.43. The third-order valence-electron chi connectivity index (χ3n) is 3.43. The minimum Gasteiger partial charge on any atom is -0.380 e. The third kappa shape index (κ3) is 2.76. The molecule has 0 bridgehead atoms. The maximum absolute atomic E-state index is 11.6. The van der Waals surface area contributed by atoms with Crippen LogP contribution in [0, 0.1) is 0 Å². The fourth-order valence-corrected chi connectivity index (χ4v) is 4.62. The van der Waals surface area contributed by atoms with E-state index in [-0.39, 0.29) is 23.2 Å². The van der Waals surface area contributed by atoms with E-state index in [0.29, 0.717) is 17.5 Å². The van der Waals surface area contributed by atoms with Gasteiger partial charge in [0, 0.05) is 10.5 Å². The number of H-pyrrole nitrogens is 2. The quantitative estimate of drug-likeness (QED) is 0.758. The zero-order chi connectivity index (χ0) is 14.3. The van der Waals surface area contributed by atoms with Crippen LogP contribution in [0.4, 0.5) is 5.69 Å². The molecule has 1 saturated heterocycles. The van der Waals surface area contributed by atoms with Gasteiger partial charge in [0.25, 0.3) is 0 Å². The van der Waals surface area contributed by atoms with Crippen molar-refractivity contribution in [3.05, 3.63) is 27.1 Å². The molecule has 0 amide bonds. The van der Waals surface area contributed by atoms with Crippen molar-refractivity contribution in [2.75, 3.05) is 16.8 Å². The van der Waals surface area contributed by atoms with E-state index in [1.54, 1.807) is 12.1 Å². The Bertz CT molecular complexity index is 809. The van der Waals surface area contributed by atoms with Crippen LogP contribution in [0.3, 0.4) is 0 Å². The van der Waals surface area contributed by atoms with Gasteiger partial charge in [-0.25, -0.2) is 13.2 Å². The Morgan fingerprint density at radius 3 is 2.65 bits per heavy atom. The van der Waals surface area contributed by atoms with E-state index < -0.39 is 9.84 Å². The summed E-state index contributed by atoms with van der Waals surface area (Å²) in [5.41, 5.74) is 1.93. The predicted molar refractivity (Wildman–Crippen MR) is 81.9 cm³/mol. The Morgan fingerprint density at radius 2 is 1.95 bits per heavy atom. The van der Waals surface area contributed by atoms with E-state index >= 15 is 0 Å². The molecule has 1 aliphatic heterocycles. The van der Waals surface area contributed by atoms with Crippen LogP contribution < -0.4 is 11.0 Å². The molecule has 0 aliphatic carbocycles. The van der Waals surface area contributed by atoms with Crippen LogP contribution in [0.5, 0.6) is 0 Å². The molecular weight excluding hydrogens is 346 g/mol. The number of benzene rings is 1. The van der Waals surface area contributed by atoms with Crippen LogP contribution in [0.1, 0.15) is 12.8 Å². The first-order chi connectivity index (χ1) is 9.43. The van der Waals surface area contributed by atoms with Gasteiger partial charge in [0.15, 0.2) is 9.84 Å². The number of aromatic amines is 2. The van der Waals surface area contributed by atoms with Gasteiger partial charge in [-0.3, -0.25) is 0 Å². The summed E-state index contributed by atoms with van der Waals surface area (Å²) in [6.07, 6.45) is 1.51. The number of hydrogen-bond acceptors (Lipinski definition) is 4. The van der Waals surface area contributed by atoms with Gasteiger partial charge in [-0.15, -0.1) is 0 Å². The van der Waals surface area contributed by atoms with Gasteiger partial charge >= 0.3 is 5.69 Å². The van der Waals surface area contributed by atoms with E-state index in [2.05, 4.69) is 31.2 Å². The second-order valence-corrected chi connectivity index (χ2v) is 8.14. The molecule has 0 spiro atoms. The second-order valence-electron chi connectivity index (χ2n) is 5.05. The summed E-state index contributed by atoms with van der Waals surface area (Å²) in [6.45, 7) is 0. The lowest BCUT2D eigenvalue weighted by Gasteiger charge is -2.24. The summed E-state index contributed by atoms with van der Waals surface area (Å²) in [5, 5.41) is 3.24. The van der Waals surface area contributed by atoms with Crippen molar-refractivity contribution in [3.8, 4) is 0 Å². The van der Waals surface area contributed by atoms with Crippen molar-refractivity contribution < 1.29 is 8.42 Å². The summed E-state index contributed by atoms with van der Waals surface area (Å²) in [5.74, 6) is 0.428. The van der Waals surface area contributed by atoms with Gasteiger partial charge in [-0.05, 0) is 40.9 Å². The summed E-state index contributed by atoms with van der Waals surface area (Å²) in [7, 11) is -2.95. The zero-order valence-electron chi connectivity index (χ0n) is 10.6. The van der Waals surface area contributed by atoms with Crippen molar-refractivity contribution in [2.24, 2.45) is 0 Å². The minimum atomic E-state index is -2.95. The van der Waals surface area contributed by atoms with Gasteiger partial charge < -0.3 is 15.3 Å². The topological polar surface area (TPSA) is 94.8 Å². The molecule has 1 atom stereocenters. The first kappa shape index (κ1) is 13.7. The highest BCUT2D eigenvalue weighted by Crippen LogP contribution is 2.28. The smallest absolute Gasteiger partial charge is 0.323 e. The SMILES string of the molecule is O=c1[nH]c2cc(Br)c(NC3CCCS(=O)(=O)C3)cc2[nH]1. The van der Waals surface area contributed by atoms with Gasteiger partial charge in [0.1, 0.15) is 0 Å². The summed E-state index contributed by atoms with van der Waals surface area (Å²) in [4.78, 5) is 16.6. The van der Waals surface area contributed by atoms with Crippen LogP contribution in [-0.2, 0) is 9.84 Å². The lowest BCUT2D eigenvalue weighted by Crippen LogP contribution is -2.34. The summed E-state index contributed by atoms with van der Waals surface area (Å²) < 4.78 is 24.1. The maximum atomic E-state index is 11.6. The molecule has 2 heterocycles. The van der Waals surface area contributed by atoms with E-state index in [9.17, 15) is 13.2 Å². The predicted octanol–water partition coefficient (Wildman–Crippen LogP) is 1.61. The Balaban J connectivity index is 1.90. The fourth-order valence-electron chi connectivity index (χ4n) is 2.52. The van der Waals surface area contributed by atoms with Crippen LogP contribution >= 0.6 is 15.9 Å². The van der Waals surface area contributed by atoms with Gasteiger partial charge in [-0.2, -0.15) is 0 Å². The molecule has 8 heteroatoms. The molecule has 20 heavy (non-hydrogen) atoms. The van der Waals surface area contributed by atoms with Crippen molar-refractivity contribution in [3.63, 3.8) is 0 Å². The van der Waals surface area contributed by atoms with Gasteiger partial charge in [0.2, 0.25) is 0 Å². The molecule has 6 nitrogen and oxygen atoms in total. The molecule has 1 aromatic carbocycles. The molecular formula is C12H14BrN3O3S. The number of halogens is 1. The van der Waals surface area contributed by atoms with E-state index in [1.165, 1.54) is 0 Å². The first-order valence-corrected chi connectivity index (χ1v) is 8.93. The van der Waals surface area contributed by atoms with Gasteiger partial charge in [-0.1, -0.05) is 0 Å². The lowest BCUT2D eigenvalue weighted by atomic mass is 10.1. The Morgan fingerprint density at radius 1 is 1.25 bits per heavy atom. The molecule has 0 saturated carbocycles. The van der Waals surface area contributed by atoms with Crippen molar-refractivity contribution in [2.45, 2.75) is 18.9 Å². The number of rotatable bonds is 2. The van der Waals surface area contributed by atoms with Crippen molar-refractivity contribution >= 4 is 42.5 Å². The molecule has 0 radical (unpaired) electrons. The highest BCUT2D eigenvalue weighted by atomic mass is 79.9. The normalized spacial score (nSPS) is 21.9. The Hall–Kier alpha value is -1.28. The second kappa shape index (κ2) is 4.92. The highest BCUT2D eigenvalue weighted by molar-refractivity contribution is 9.10. The molecule has 3 rings (SSSR count). The number of nitrogens with one attached hydrogen (secondary N) is 3. The van der Waals surface area contributed by atoms with E-state index in [0.717, 1.165) is 16.6 Å². The Kier molecular flexibility index (Phi) is 3.37. The lowest BCUT2D eigenvalue weighted by molar-refractivity contribution is 0.562. The number of imidazole rings is 1. The standard InChI is InChI=1S/C12H14BrN3O3S/c13-8-4-10-11(16-12(17)15-10)5-9(8)14-7-2-1-3-20(18,19)6-7/h4-5,7,14H,1-3,6H2,(H2,15,16,17). The molecule has 2 aromatic rings. The Labute approximate surface area is 124 Å². The molecule has 3 N–H and O–H groups in total. The molecule has 1 fully saturated rings. The van der Waals surface area contributed by atoms with Crippen molar-refractivity contribution in [1.29, 1.82) is 0 Å². The van der Waals surface area contributed by atoms with Crippen LogP contribution in [0.15, 0.2) is 21.4 Å². The van der Waals surface area contributed by atoms with Crippen LogP contribution in [0.2, 0.25) is 0 Å². The third-order valence-corrected chi connectivity index (χ3v) is 5.90. The fraction of sp³-hybridized carbons (Fsp3) is 0.417. The van der Waals surface area contributed by atoms with Gasteiger partial charge in [0.05, 0.1) is 28.2 Å². The molecule has 108 valence electrons. The summed E-state index contributed by atoms with van der Waals surface area (Å²) in [6, 6.07) is 3.51. The number of fused-ring (bicyclic) bond motifs is 1. The maximum Gasteiger partial charge on any atom is 0.323 e. The monoisotopic (exact) mass is 359 g/mol. The number of anilines is 1. The molecule has 1 unspecified atom stereocenters.